The highest BCUT2D eigenvalue weighted by Gasteiger charge is 2.45. The molecule has 0 saturated carbocycles. The number of rotatable bonds is 3. The van der Waals surface area contributed by atoms with Gasteiger partial charge >= 0.3 is 0 Å². The van der Waals surface area contributed by atoms with Gasteiger partial charge in [0, 0.05) is 21.2 Å². The summed E-state index contributed by atoms with van der Waals surface area (Å²) >= 11 is 15.0. The first kappa shape index (κ1) is 28.1. The Morgan fingerprint density at radius 2 is 1.59 bits per heavy atom. The Bertz CT molecular complexity index is 2380. The molecular weight excluding hydrogens is 667 g/mol. The Balaban J connectivity index is 1.19. The molecule has 6 aromatic rings. The van der Waals surface area contributed by atoms with Crippen molar-refractivity contribution in [3.05, 3.63) is 81.1 Å². The van der Waals surface area contributed by atoms with Crippen molar-refractivity contribution >= 4 is 79.7 Å². The molecule has 0 spiro atoms. The van der Waals surface area contributed by atoms with Crippen LogP contribution in [0.1, 0.15) is 17.2 Å². The zero-order chi connectivity index (χ0) is 31.7. The maximum atomic E-state index is 9.93. The van der Waals surface area contributed by atoms with E-state index in [1.54, 1.807) is 48.5 Å². The third-order valence-corrected chi connectivity index (χ3v) is 10.6. The van der Waals surface area contributed by atoms with Crippen LogP contribution in [-0.2, 0) is 0 Å². The number of benzene rings is 2. The zero-order valence-corrected chi connectivity index (χ0v) is 26.0. The van der Waals surface area contributed by atoms with Gasteiger partial charge in [0.05, 0.1) is 10.8 Å². The average Bonchev–Trinajstić information content (AvgIpc) is 3.80. The summed E-state index contributed by atoms with van der Waals surface area (Å²) in [6.45, 7) is 7.77. The lowest BCUT2D eigenvalue weighted by Gasteiger charge is -2.20. The van der Waals surface area contributed by atoms with E-state index in [2.05, 4.69) is 52.0 Å². The van der Waals surface area contributed by atoms with E-state index >= 15 is 0 Å². The fourth-order valence-corrected chi connectivity index (χ4v) is 8.45. The molecular formula is C28H14Cl2N14S2. The molecule has 8 rings (SSSR count). The maximum Gasteiger partial charge on any atom is 0.255 e. The molecule has 6 heterocycles. The van der Waals surface area contributed by atoms with Crippen LogP contribution >= 0.6 is 46.3 Å². The molecule has 4 aromatic heterocycles. The number of nitrogens with two attached hydrogens (primary N) is 2. The summed E-state index contributed by atoms with van der Waals surface area (Å²) in [7, 11) is 0. The topological polar surface area (TPSA) is 192 Å². The van der Waals surface area contributed by atoms with E-state index in [1.165, 1.54) is 32.5 Å². The lowest BCUT2D eigenvalue weighted by Crippen LogP contribution is -2.31. The SMILES string of the molecule is [C-]#[N+]c1c(-c2ccc(Cl)cc2)nn(C2=NN=NC3c4c(sc5c(-n6nc(-c7ccc(Cl)cc7)c(C#N)c6N)nnnc45)SC23)c1N. The van der Waals surface area contributed by atoms with Crippen LogP contribution in [0.4, 0.5) is 17.3 Å². The second-order valence-electron chi connectivity index (χ2n) is 9.99. The Hall–Kier alpha value is -5.39. The van der Waals surface area contributed by atoms with E-state index in [0.717, 1.165) is 9.77 Å². The molecule has 0 saturated heterocycles. The number of anilines is 2. The van der Waals surface area contributed by atoms with Crippen molar-refractivity contribution in [3.8, 4) is 34.4 Å². The van der Waals surface area contributed by atoms with Crippen LogP contribution in [0.25, 0.3) is 43.4 Å². The lowest BCUT2D eigenvalue weighted by atomic mass is 10.1. The van der Waals surface area contributed by atoms with Crippen molar-refractivity contribution in [2.24, 2.45) is 15.4 Å². The molecule has 0 fully saturated rings. The molecule has 2 aromatic carbocycles. The smallest absolute Gasteiger partial charge is 0.255 e. The largest absolute Gasteiger partial charge is 0.392 e. The molecule has 2 unspecified atom stereocenters. The van der Waals surface area contributed by atoms with E-state index < -0.39 is 6.04 Å². The number of nitrogen functional groups attached to an aromatic ring is 2. The molecule has 4 N–H and O–H groups in total. The van der Waals surface area contributed by atoms with Crippen LogP contribution in [0.3, 0.4) is 0 Å². The van der Waals surface area contributed by atoms with Gasteiger partial charge in [-0.2, -0.15) is 25.3 Å². The number of aromatic nitrogens is 7. The lowest BCUT2D eigenvalue weighted by molar-refractivity contribution is 0.668. The van der Waals surface area contributed by atoms with Crippen LogP contribution in [0.15, 0.2) is 68.2 Å². The van der Waals surface area contributed by atoms with Crippen LogP contribution in [0.5, 0.6) is 0 Å². The van der Waals surface area contributed by atoms with E-state index in [4.69, 9.17) is 41.2 Å². The van der Waals surface area contributed by atoms with Gasteiger partial charge in [0.1, 0.15) is 56.2 Å². The van der Waals surface area contributed by atoms with Crippen LogP contribution in [0.2, 0.25) is 10.0 Å². The quantitative estimate of drug-likeness (QED) is 0.195. The minimum atomic E-state index is -0.501. The molecule has 46 heavy (non-hydrogen) atoms. The van der Waals surface area contributed by atoms with Gasteiger partial charge in [0.25, 0.3) is 5.69 Å². The molecule has 2 aliphatic heterocycles. The van der Waals surface area contributed by atoms with E-state index in [1.807, 2.05) is 0 Å². The number of thiophene rings is 1. The standard InChI is InChI=1S/C28H14Cl2N14S2/c1-34-21-18(12-4-8-14(30)9-5-12)40-44(25(21)33)27-23-20(36-42-38-27)16-19-22(45-28(16)46-23)26(37-41-35-19)43-24(32)15(10-31)17(39-43)11-2-6-13(29)7-3-11/h2-9,20,23H,32-33H2. The zero-order valence-electron chi connectivity index (χ0n) is 22.9. The first-order valence-electron chi connectivity index (χ1n) is 13.2. The van der Waals surface area contributed by atoms with Gasteiger partial charge in [0.15, 0.2) is 11.7 Å². The van der Waals surface area contributed by atoms with Gasteiger partial charge in [-0.1, -0.05) is 47.5 Å². The maximum absolute atomic E-state index is 9.93. The Morgan fingerprint density at radius 1 is 0.913 bits per heavy atom. The van der Waals surface area contributed by atoms with Crippen LogP contribution < -0.4 is 11.5 Å². The summed E-state index contributed by atoms with van der Waals surface area (Å²) in [6, 6.07) is 15.6. The summed E-state index contributed by atoms with van der Waals surface area (Å²) < 4.78 is 4.40. The number of hydrogen-bond acceptors (Lipinski definition) is 13. The summed E-state index contributed by atoms with van der Waals surface area (Å²) in [5.41, 5.74) is 16.8. The Kier molecular flexibility index (Phi) is 6.48. The van der Waals surface area contributed by atoms with Gasteiger partial charge in [0.2, 0.25) is 0 Å². The first-order valence-corrected chi connectivity index (χ1v) is 15.7. The average molecular weight is 682 g/mol. The summed E-state index contributed by atoms with van der Waals surface area (Å²) in [5, 5.41) is 45.5. The monoisotopic (exact) mass is 680 g/mol. The number of thioether (sulfide) groups is 1. The van der Waals surface area contributed by atoms with Gasteiger partial charge in [-0.05, 0) is 40.3 Å². The first-order chi connectivity index (χ1) is 22.4. The highest BCUT2D eigenvalue weighted by atomic mass is 35.5. The minimum Gasteiger partial charge on any atom is -0.392 e. The number of nitriles is 1. The number of nitrogens with zero attached hydrogens (tertiary/aromatic N) is 12. The third-order valence-electron chi connectivity index (χ3n) is 7.46. The van der Waals surface area contributed by atoms with Crippen molar-refractivity contribution in [2.75, 3.05) is 11.5 Å². The van der Waals surface area contributed by atoms with Gasteiger partial charge in [-0.3, -0.25) is 0 Å². The van der Waals surface area contributed by atoms with Crippen LogP contribution in [0, 0.1) is 17.9 Å². The summed E-state index contributed by atoms with van der Waals surface area (Å²) in [4.78, 5) is 3.65. The molecule has 0 radical (unpaired) electrons. The van der Waals surface area contributed by atoms with E-state index in [-0.39, 0.29) is 28.1 Å². The molecule has 222 valence electrons. The van der Waals surface area contributed by atoms with Crippen molar-refractivity contribution in [1.29, 1.82) is 5.26 Å². The molecule has 2 aliphatic rings. The highest BCUT2D eigenvalue weighted by Crippen LogP contribution is 2.55. The Morgan fingerprint density at radius 3 is 2.26 bits per heavy atom. The predicted octanol–water partition coefficient (Wildman–Crippen LogP) is 6.54. The van der Waals surface area contributed by atoms with E-state index in [9.17, 15) is 5.26 Å². The van der Waals surface area contributed by atoms with Crippen molar-refractivity contribution in [2.45, 2.75) is 15.5 Å². The Labute approximate surface area is 276 Å². The van der Waals surface area contributed by atoms with E-state index in [0.29, 0.717) is 54.4 Å². The number of hydrogen-bond donors (Lipinski definition) is 2. The van der Waals surface area contributed by atoms with Crippen molar-refractivity contribution in [3.63, 3.8) is 0 Å². The molecule has 0 bridgehead atoms. The highest BCUT2D eigenvalue weighted by molar-refractivity contribution is 8.03. The minimum absolute atomic E-state index is 0.112. The van der Waals surface area contributed by atoms with Gasteiger partial charge < -0.3 is 11.5 Å². The normalized spacial score (nSPS) is 16.6. The fraction of sp³-hybridized carbons (Fsp3) is 0.0714. The second-order valence-corrected chi connectivity index (χ2v) is 13.3. The molecule has 0 amide bonds. The van der Waals surface area contributed by atoms with Crippen molar-refractivity contribution in [1.82, 2.24) is 35.0 Å². The number of halogens is 2. The van der Waals surface area contributed by atoms with Crippen molar-refractivity contribution < 1.29 is 0 Å². The molecule has 0 aliphatic carbocycles. The predicted molar refractivity (Wildman–Crippen MR) is 175 cm³/mol. The molecule has 18 heteroatoms. The summed E-state index contributed by atoms with van der Waals surface area (Å²) in [5.74, 6) is 0.999. The summed E-state index contributed by atoms with van der Waals surface area (Å²) in [6.07, 6.45) is 0. The molecule has 14 nitrogen and oxygen atoms in total. The molecule has 2 atom stereocenters. The second kappa shape index (κ2) is 10.6. The third kappa shape index (κ3) is 4.16. The van der Waals surface area contributed by atoms with Gasteiger partial charge in [-0.25, -0.2) is 9.53 Å². The van der Waals surface area contributed by atoms with Gasteiger partial charge in [-0.15, -0.1) is 38.4 Å². The van der Waals surface area contributed by atoms with Crippen LogP contribution in [-0.4, -0.2) is 46.1 Å². The number of fused-ring (bicyclic) bond motifs is 5. The fourth-order valence-electron chi connectivity index (χ4n) is 5.32.